The van der Waals surface area contributed by atoms with Gasteiger partial charge in [-0.1, -0.05) is 11.6 Å². The molecule has 0 aromatic carbocycles. The van der Waals surface area contributed by atoms with Gasteiger partial charge in [0.25, 0.3) is 5.91 Å². The van der Waals surface area contributed by atoms with E-state index in [0.717, 1.165) is 0 Å². The summed E-state index contributed by atoms with van der Waals surface area (Å²) in [6.07, 6.45) is 1.38. The standard InChI is InChI=1S/C9H8Cl2N6O/c1-17-7(4(12)3-13-17)8(18)15-6-2-5(10)14-9(11)16-6/h2-3H,12H2,1H3,(H,14,15,16,18). The Morgan fingerprint density at radius 2 is 2.17 bits per heavy atom. The predicted molar refractivity (Wildman–Crippen MR) is 67.6 cm³/mol. The van der Waals surface area contributed by atoms with Crippen molar-refractivity contribution in [1.82, 2.24) is 19.7 Å². The third-order valence-corrected chi connectivity index (χ3v) is 2.45. The molecule has 3 N–H and O–H groups in total. The number of carbonyl (C=O) groups is 1. The van der Waals surface area contributed by atoms with Crippen LogP contribution in [0.2, 0.25) is 10.4 Å². The van der Waals surface area contributed by atoms with Gasteiger partial charge in [0.05, 0.1) is 11.9 Å². The fourth-order valence-corrected chi connectivity index (χ4v) is 1.77. The monoisotopic (exact) mass is 286 g/mol. The van der Waals surface area contributed by atoms with Gasteiger partial charge in [-0.3, -0.25) is 9.48 Å². The van der Waals surface area contributed by atoms with E-state index < -0.39 is 5.91 Å². The number of carbonyl (C=O) groups excluding carboxylic acids is 1. The van der Waals surface area contributed by atoms with Crippen molar-refractivity contribution in [3.8, 4) is 0 Å². The largest absolute Gasteiger partial charge is 0.396 e. The minimum atomic E-state index is -0.460. The molecule has 2 aromatic rings. The number of aromatic nitrogens is 4. The molecule has 0 unspecified atom stereocenters. The second-order valence-electron chi connectivity index (χ2n) is 3.37. The number of nitrogens with one attached hydrogen (secondary N) is 1. The number of anilines is 2. The maximum absolute atomic E-state index is 11.9. The average Bonchev–Trinajstić information content (AvgIpc) is 2.56. The zero-order valence-electron chi connectivity index (χ0n) is 9.19. The van der Waals surface area contributed by atoms with Crippen molar-refractivity contribution in [2.75, 3.05) is 11.1 Å². The van der Waals surface area contributed by atoms with Crippen LogP contribution in [0.4, 0.5) is 11.5 Å². The van der Waals surface area contributed by atoms with Gasteiger partial charge < -0.3 is 11.1 Å². The summed E-state index contributed by atoms with van der Waals surface area (Å²) in [6, 6.07) is 1.37. The molecule has 0 saturated heterocycles. The molecule has 0 aliphatic rings. The first-order valence-corrected chi connectivity index (χ1v) is 5.52. The van der Waals surface area contributed by atoms with Crippen LogP contribution in [0.3, 0.4) is 0 Å². The van der Waals surface area contributed by atoms with Crippen LogP contribution in [0.1, 0.15) is 10.5 Å². The number of rotatable bonds is 2. The van der Waals surface area contributed by atoms with Crippen LogP contribution in [0.15, 0.2) is 12.3 Å². The van der Waals surface area contributed by atoms with Crippen LogP contribution < -0.4 is 11.1 Å². The highest BCUT2D eigenvalue weighted by atomic mass is 35.5. The summed E-state index contributed by atoms with van der Waals surface area (Å²) in [5.74, 6) is -0.274. The SMILES string of the molecule is Cn1ncc(N)c1C(=O)Nc1cc(Cl)nc(Cl)n1. The number of halogens is 2. The Morgan fingerprint density at radius 1 is 1.44 bits per heavy atom. The second-order valence-corrected chi connectivity index (χ2v) is 4.10. The number of nitrogen functional groups attached to an aromatic ring is 1. The number of aryl methyl sites for hydroxylation is 1. The van der Waals surface area contributed by atoms with Gasteiger partial charge >= 0.3 is 0 Å². The Kier molecular flexibility index (Phi) is 3.35. The first-order valence-electron chi connectivity index (χ1n) is 4.76. The van der Waals surface area contributed by atoms with Gasteiger partial charge in [0.2, 0.25) is 5.28 Å². The van der Waals surface area contributed by atoms with Crippen molar-refractivity contribution in [3.05, 3.63) is 28.4 Å². The average molecular weight is 287 g/mol. The number of hydrogen-bond donors (Lipinski definition) is 2. The van der Waals surface area contributed by atoms with Crippen molar-refractivity contribution < 1.29 is 4.79 Å². The molecule has 94 valence electrons. The Morgan fingerprint density at radius 3 is 2.72 bits per heavy atom. The molecule has 7 nitrogen and oxygen atoms in total. The molecule has 2 rings (SSSR count). The first-order chi connectivity index (χ1) is 8.47. The van der Waals surface area contributed by atoms with Crippen LogP contribution in [0.25, 0.3) is 0 Å². The Hall–Kier alpha value is -1.86. The molecule has 0 aliphatic carbocycles. The molecule has 1 amide bonds. The summed E-state index contributed by atoms with van der Waals surface area (Å²) in [7, 11) is 1.60. The number of nitrogens with two attached hydrogens (primary N) is 1. The van der Waals surface area contributed by atoms with Crippen LogP contribution in [0, 0.1) is 0 Å². The summed E-state index contributed by atoms with van der Waals surface area (Å²) in [6.45, 7) is 0. The molecule has 9 heteroatoms. The van der Waals surface area contributed by atoms with Crippen LogP contribution in [0.5, 0.6) is 0 Å². The maximum atomic E-state index is 11.9. The Bertz CT molecular complexity index is 571. The van der Waals surface area contributed by atoms with Crippen molar-refractivity contribution in [3.63, 3.8) is 0 Å². The highest BCUT2D eigenvalue weighted by Gasteiger charge is 2.16. The Balaban J connectivity index is 2.27. The van der Waals surface area contributed by atoms with Gasteiger partial charge in [-0.25, -0.2) is 9.97 Å². The van der Waals surface area contributed by atoms with E-state index in [-0.39, 0.29) is 27.6 Å². The summed E-state index contributed by atoms with van der Waals surface area (Å²) in [4.78, 5) is 19.4. The van der Waals surface area contributed by atoms with E-state index in [1.54, 1.807) is 7.05 Å². The molecule has 0 bridgehead atoms. The van der Waals surface area contributed by atoms with Gasteiger partial charge in [-0.05, 0) is 11.6 Å². The minimum Gasteiger partial charge on any atom is -0.396 e. The second kappa shape index (κ2) is 4.79. The number of amides is 1. The zero-order chi connectivity index (χ0) is 13.3. The van der Waals surface area contributed by atoms with E-state index in [1.165, 1.54) is 16.9 Å². The van der Waals surface area contributed by atoms with Crippen molar-refractivity contribution >= 4 is 40.6 Å². The lowest BCUT2D eigenvalue weighted by molar-refractivity contribution is 0.101. The fourth-order valence-electron chi connectivity index (χ4n) is 1.36. The third-order valence-electron chi connectivity index (χ3n) is 2.09. The summed E-state index contributed by atoms with van der Waals surface area (Å²) < 4.78 is 1.36. The first kappa shape index (κ1) is 12.6. The predicted octanol–water partition coefficient (Wildman–Crippen LogP) is 1.35. The topological polar surface area (TPSA) is 98.7 Å². The highest BCUT2D eigenvalue weighted by Crippen LogP contribution is 2.16. The molecule has 2 aromatic heterocycles. The minimum absolute atomic E-state index is 0.0595. The summed E-state index contributed by atoms with van der Waals surface area (Å²) in [5, 5.41) is 6.44. The normalized spacial score (nSPS) is 10.4. The molecule has 0 atom stereocenters. The van der Waals surface area contributed by atoms with E-state index in [9.17, 15) is 4.79 Å². The molecule has 18 heavy (non-hydrogen) atoms. The van der Waals surface area contributed by atoms with E-state index in [1.807, 2.05) is 0 Å². The summed E-state index contributed by atoms with van der Waals surface area (Å²) >= 11 is 11.3. The van der Waals surface area contributed by atoms with Gasteiger partial charge in [-0.2, -0.15) is 5.10 Å². The van der Waals surface area contributed by atoms with E-state index in [2.05, 4.69) is 20.4 Å². The molecular formula is C9H8Cl2N6O. The molecule has 2 heterocycles. The molecule has 0 spiro atoms. The van der Waals surface area contributed by atoms with Crippen LogP contribution >= 0.6 is 23.2 Å². The van der Waals surface area contributed by atoms with Gasteiger partial charge in [-0.15, -0.1) is 0 Å². The van der Waals surface area contributed by atoms with Gasteiger partial charge in [0.1, 0.15) is 16.7 Å². The lowest BCUT2D eigenvalue weighted by Gasteiger charge is -2.05. The van der Waals surface area contributed by atoms with Crippen molar-refractivity contribution in [1.29, 1.82) is 0 Å². The Labute approximate surface area is 112 Å². The van der Waals surface area contributed by atoms with Gasteiger partial charge in [0, 0.05) is 13.1 Å². The van der Waals surface area contributed by atoms with Crippen LogP contribution in [-0.4, -0.2) is 25.7 Å². The number of nitrogens with zero attached hydrogens (tertiary/aromatic N) is 4. The zero-order valence-corrected chi connectivity index (χ0v) is 10.7. The maximum Gasteiger partial charge on any atom is 0.277 e. The smallest absolute Gasteiger partial charge is 0.277 e. The van der Waals surface area contributed by atoms with E-state index in [0.29, 0.717) is 0 Å². The summed E-state index contributed by atoms with van der Waals surface area (Å²) in [5.41, 5.74) is 6.11. The lowest BCUT2D eigenvalue weighted by atomic mass is 10.3. The fraction of sp³-hybridized carbons (Fsp3) is 0.111. The highest BCUT2D eigenvalue weighted by molar-refractivity contribution is 6.32. The molecule has 0 aliphatic heterocycles. The number of hydrogen-bond acceptors (Lipinski definition) is 5. The molecule has 0 radical (unpaired) electrons. The third kappa shape index (κ3) is 2.52. The van der Waals surface area contributed by atoms with E-state index in [4.69, 9.17) is 28.9 Å². The molecular weight excluding hydrogens is 279 g/mol. The van der Waals surface area contributed by atoms with Crippen molar-refractivity contribution in [2.45, 2.75) is 0 Å². The molecule has 0 saturated carbocycles. The van der Waals surface area contributed by atoms with Gasteiger partial charge in [0.15, 0.2) is 0 Å². The van der Waals surface area contributed by atoms with Crippen LogP contribution in [-0.2, 0) is 7.05 Å². The quantitative estimate of drug-likeness (QED) is 0.641. The van der Waals surface area contributed by atoms with Crippen molar-refractivity contribution in [2.24, 2.45) is 7.05 Å². The van der Waals surface area contributed by atoms with E-state index >= 15 is 0 Å². The lowest BCUT2D eigenvalue weighted by Crippen LogP contribution is -2.18. The molecule has 0 fully saturated rings.